The molecule has 0 aliphatic carbocycles. The average Bonchev–Trinajstić information content (AvgIpc) is 2.65. The lowest BCUT2D eigenvalue weighted by molar-refractivity contribution is 0.601. The molecular formula is C19H19FN4O2S. The Bertz CT molecular complexity index is 1010. The van der Waals surface area contributed by atoms with Crippen LogP contribution in [0.15, 0.2) is 65.6 Å². The second-order valence-electron chi connectivity index (χ2n) is 6.03. The van der Waals surface area contributed by atoms with Crippen LogP contribution in [0.1, 0.15) is 11.1 Å². The lowest BCUT2D eigenvalue weighted by Gasteiger charge is -2.09. The Kier molecular flexibility index (Phi) is 5.66. The molecule has 0 unspecified atom stereocenters. The van der Waals surface area contributed by atoms with Gasteiger partial charge in [-0.05, 0) is 60.9 Å². The predicted octanol–water partition coefficient (Wildman–Crippen LogP) is 3.38. The van der Waals surface area contributed by atoms with Gasteiger partial charge in [-0.1, -0.05) is 24.3 Å². The first kappa shape index (κ1) is 18.8. The highest BCUT2D eigenvalue weighted by Crippen LogP contribution is 2.16. The zero-order valence-corrected chi connectivity index (χ0v) is 15.5. The summed E-state index contributed by atoms with van der Waals surface area (Å²) in [5.41, 5.74) is 1.85. The number of hydrogen-bond donors (Lipinski definition) is 2. The maximum Gasteiger partial charge on any atom is 0.263 e. The van der Waals surface area contributed by atoms with E-state index in [-0.39, 0.29) is 16.5 Å². The smallest absolute Gasteiger partial charge is 0.263 e. The minimum atomic E-state index is -3.71. The number of aryl methyl sites for hydroxylation is 1. The summed E-state index contributed by atoms with van der Waals surface area (Å²) in [4.78, 5) is 0.172. The number of anilines is 2. The zero-order valence-electron chi connectivity index (χ0n) is 14.7. The first-order chi connectivity index (χ1) is 12.9. The van der Waals surface area contributed by atoms with E-state index in [0.29, 0.717) is 18.8 Å². The highest BCUT2D eigenvalue weighted by Gasteiger charge is 2.15. The molecule has 0 atom stereocenters. The molecule has 27 heavy (non-hydrogen) atoms. The molecule has 0 spiro atoms. The average molecular weight is 386 g/mol. The summed E-state index contributed by atoms with van der Waals surface area (Å²) in [7, 11) is -3.71. The summed E-state index contributed by atoms with van der Waals surface area (Å²) in [6.07, 6.45) is 0.698. The molecule has 0 fully saturated rings. The predicted molar refractivity (Wildman–Crippen MR) is 103 cm³/mol. The van der Waals surface area contributed by atoms with Gasteiger partial charge in [0.25, 0.3) is 10.0 Å². The number of halogens is 1. The fourth-order valence-corrected chi connectivity index (χ4v) is 3.55. The van der Waals surface area contributed by atoms with Crippen molar-refractivity contribution in [1.82, 2.24) is 10.2 Å². The highest BCUT2D eigenvalue weighted by atomic mass is 32.2. The van der Waals surface area contributed by atoms with Crippen LogP contribution < -0.4 is 10.0 Å². The van der Waals surface area contributed by atoms with Crippen molar-refractivity contribution in [2.24, 2.45) is 0 Å². The van der Waals surface area contributed by atoms with Crippen molar-refractivity contribution in [2.75, 3.05) is 16.6 Å². The van der Waals surface area contributed by atoms with E-state index < -0.39 is 10.0 Å². The van der Waals surface area contributed by atoms with E-state index in [2.05, 4.69) is 20.2 Å². The normalized spacial score (nSPS) is 11.2. The van der Waals surface area contributed by atoms with Gasteiger partial charge in [0.2, 0.25) is 0 Å². The largest absolute Gasteiger partial charge is 0.368 e. The third-order valence-corrected chi connectivity index (χ3v) is 5.19. The Morgan fingerprint density at radius 1 is 0.963 bits per heavy atom. The number of nitrogens with zero attached hydrogens (tertiary/aromatic N) is 2. The van der Waals surface area contributed by atoms with Crippen molar-refractivity contribution < 1.29 is 12.8 Å². The van der Waals surface area contributed by atoms with E-state index in [1.165, 1.54) is 18.2 Å². The van der Waals surface area contributed by atoms with Crippen LogP contribution in [0.4, 0.5) is 16.0 Å². The minimum absolute atomic E-state index is 0.139. The molecule has 8 heteroatoms. The van der Waals surface area contributed by atoms with Crippen molar-refractivity contribution in [2.45, 2.75) is 18.2 Å². The Labute approximate surface area is 157 Å². The molecular weight excluding hydrogens is 367 g/mol. The molecule has 0 amide bonds. The van der Waals surface area contributed by atoms with Crippen LogP contribution >= 0.6 is 0 Å². The van der Waals surface area contributed by atoms with Crippen molar-refractivity contribution in [3.63, 3.8) is 0 Å². The third kappa shape index (κ3) is 5.24. The Hall–Kier alpha value is -3.00. The molecule has 0 bridgehead atoms. The van der Waals surface area contributed by atoms with Gasteiger partial charge in [0.15, 0.2) is 5.82 Å². The van der Waals surface area contributed by atoms with Crippen LogP contribution in [-0.2, 0) is 16.4 Å². The second-order valence-corrected chi connectivity index (χ2v) is 7.71. The van der Waals surface area contributed by atoms with Gasteiger partial charge in [0.1, 0.15) is 11.6 Å². The lowest BCUT2D eigenvalue weighted by atomic mass is 10.1. The van der Waals surface area contributed by atoms with Gasteiger partial charge in [-0.3, -0.25) is 4.72 Å². The standard InChI is InChI=1S/C19H19FN4O2S/c1-14-3-2-4-17(13-14)27(25,26)24-19-10-9-18(22-23-19)21-12-11-15-5-7-16(20)8-6-15/h2-10,13H,11-12H2,1H3,(H,21,22)(H,23,24). The van der Waals surface area contributed by atoms with E-state index in [1.807, 2.05) is 13.0 Å². The number of aromatic nitrogens is 2. The number of sulfonamides is 1. The van der Waals surface area contributed by atoms with E-state index in [9.17, 15) is 12.8 Å². The molecule has 6 nitrogen and oxygen atoms in total. The van der Waals surface area contributed by atoms with Crippen molar-refractivity contribution in [3.05, 3.63) is 77.6 Å². The summed E-state index contributed by atoms with van der Waals surface area (Å²) >= 11 is 0. The maximum absolute atomic E-state index is 12.9. The van der Waals surface area contributed by atoms with Crippen LogP contribution in [-0.4, -0.2) is 25.2 Å². The van der Waals surface area contributed by atoms with Crippen molar-refractivity contribution in [1.29, 1.82) is 0 Å². The second kappa shape index (κ2) is 8.13. The van der Waals surface area contributed by atoms with Crippen LogP contribution in [0.3, 0.4) is 0 Å². The van der Waals surface area contributed by atoms with Crippen LogP contribution in [0.2, 0.25) is 0 Å². The molecule has 140 valence electrons. The zero-order chi connectivity index (χ0) is 19.3. The van der Waals surface area contributed by atoms with Gasteiger partial charge in [-0.2, -0.15) is 0 Å². The number of rotatable bonds is 7. The van der Waals surface area contributed by atoms with Gasteiger partial charge >= 0.3 is 0 Å². The van der Waals surface area contributed by atoms with E-state index in [0.717, 1.165) is 11.1 Å². The fourth-order valence-electron chi connectivity index (χ4n) is 2.45. The molecule has 0 aliphatic rings. The summed E-state index contributed by atoms with van der Waals surface area (Å²) in [5.74, 6) is 0.400. The molecule has 0 aliphatic heterocycles. The van der Waals surface area contributed by atoms with Gasteiger partial charge in [0, 0.05) is 6.54 Å². The third-order valence-electron chi connectivity index (χ3n) is 3.84. The van der Waals surface area contributed by atoms with Gasteiger partial charge in [0.05, 0.1) is 4.90 Å². The minimum Gasteiger partial charge on any atom is -0.368 e. The van der Waals surface area contributed by atoms with E-state index >= 15 is 0 Å². The van der Waals surface area contributed by atoms with Crippen LogP contribution in [0.5, 0.6) is 0 Å². The maximum atomic E-state index is 12.9. The lowest BCUT2D eigenvalue weighted by Crippen LogP contribution is -2.15. The first-order valence-corrected chi connectivity index (χ1v) is 9.82. The molecule has 3 aromatic rings. The van der Waals surface area contributed by atoms with Crippen LogP contribution in [0, 0.1) is 12.7 Å². The van der Waals surface area contributed by atoms with Crippen molar-refractivity contribution in [3.8, 4) is 0 Å². The fraction of sp³-hybridized carbons (Fsp3) is 0.158. The summed E-state index contributed by atoms with van der Waals surface area (Å²) in [6, 6.07) is 16.1. The topological polar surface area (TPSA) is 84.0 Å². The first-order valence-electron chi connectivity index (χ1n) is 8.34. The number of hydrogen-bond acceptors (Lipinski definition) is 5. The van der Waals surface area contributed by atoms with Gasteiger partial charge in [-0.25, -0.2) is 12.8 Å². The van der Waals surface area contributed by atoms with E-state index in [1.54, 1.807) is 36.4 Å². The number of benzene rings is 2. The molecule has 0 saturated heterocycles. The van der Waals surface area contributed by atoms with E-state index in [4.69, 9.17) is 0 Å². The quantitative estimate of drug-likeness (QED) is 0.650. The van der Waals surface area contributed by atoms with Gasteiger partial charge < -0.3 is 5.32 Å². The van der Waals surface area contributed by atoms with Gasteiger partial charge in [-0.15, -0.1) is 10.2 Å². The number of nitrogens with one attached hydrogen (secondary N) is 2. The SMILES string of the molecule is Cc1cccc(S(=O)(=O)Nc2ccc(NCCc3ccc(F)cc3)nn2)c1. The highest BCUT2D eigenvalue weighted by molar-refractivity contribution is 7.92. The molecule has 2 N–H and O–H groups in total. The monoisotopic (exact) mass is 386 g/mol. The Morgan fingerprint density at radius 3 is 2.33 bits per heavy atom. The Morgan fingerprint density at radius 2 is 1.67 bits per heavy atom. The summed E-state index contributed by atoms with van der Waals surface area (Å²) < 4.78 is 40.0. The summed E-state index contributed by atoms with van der Waals surface area (Å²) in [6.45, 7) is 2.42. The van der Waals surface area contributed by atoms with Crippen LogP contribution in [0.25, 0.3) is 0 Å². The molecule has 2 aromatic carbocycles. The molecule has 1 heterocycles. The molecule has 3 rings (SSSR count). The molecule has 1 aromatic heterocycles. The Balaban J connectivity index is 1.57. The molecule has 0 radical (unpaired) electrons. The molecule has 0 saturated carbocycles. The summed E-state index contributed by atoms with van der Waals surface area (Å²) in [5, 5.41) is 11.0. The van der Waals surface area contributed by atoms with Crippen molar-refractivity contribution >= 4 is 21.7 Å².